The Morgan fingerprint density at radius 3 is 2.62 bits per heavy atom. The van der Waals surface area contributed by atoms with E-state index in [1.54, 1.807) is 24.3 Å². The molecule has 1 aromatic carbocycles. The van der Waals surface area contributed by atoms with Gasteiger partial charge in [0.15, 0.2) is 0 Å². The van der Waals surface area contributed by atoms with Gasteiger partial charge in [-0.3, -0.25) is 19.7 Å². The first-order chi connectivity index (χ1) is 11.5. The number of carbonyl (C=O) groups is 3. The summed E-state index contributed by atoms with van der Waals surface area (Å²) in [6.07, 6.45) is 1.69. The van der Waals surface area contributed by atoms with Gasteiger partial charge in [0.2, 0.25) is 11.8 Å². The molecule has 7 heteroatoms. The van der Waals surface area contributed by atoms with E-state index in [-0.39, 0.29) is 30.0 Å². The molecular weight excluding hydrogens is 330 g/mol. The molecule has 2 heterocycles. The third-order valence-corrected chi connectivity index (χ3v) is 4.56. The molecule has 122 valence electrons. The highest BCUT2D eigenvalue weighted by atomic mass is 35.5. The number of aromatic nitrogens is 1. The summed E-state index contributed by atoms with van der Waals surface area (Å²) in [5, 5.41) is 3.68. The number of hydrogen-bond donors (Lipinski definition) is 1. The number of imide groups is 1. The number of pyridine rings is 1. The van der Waals surface area contributed by atoms with Crippen LogP contribution in [0.15, 0.2) is 30.3 Å². The first-order valence-corrected chi connectivity index (χ1v) is 8.13. The van der Waals surface area contributed by atoms with Crippen LogP contribution in [-0.4, -0.2) is 39.7 Å². The average molecular weight is 344 g/mol. The molecule has 2 aliphatic rings. The number of nitrogens with one attached hydrogen (secondary N) is 1. The maximum Gasteiger partial charge on any atom is 0.273 e. The molecule has 1 atom stereocenters. The van der Waals surface area contributed by atoms with Gasteiger partial charge in [-0.25, -0.2) is 4.98 Å². The molecular formula is C17H14ClN3O3. The Kier molecular flexibility index (Phi) is 3.49. The van der Waals surface area contributed by atoms with E-state index in [0.29, 0.717) is 10.5 Å². The summed E-state index contributed by atoms with van der Waals surface area (Å²) < 4.78 is 0. The summed E-state index contributed by atoms with van der Waals surface area (Å²) >= 11 is 5.99. The van der Waals surface area contributed by atoms with Crippen LogP contribution in [0, 0.1) is 0 Å². The lowest BCUT2D eigenvalue weighted by Crippen LogP contribution is -2.46. The van der Waals surface area contributed by atoms with Crippen LogP contribution < -0.4 is 5.32 Å². The number of fused-ring (bicyclic) bond motifs is 1. The van der Waals surface area contributed by atoms with Crippen LogP contribution in [0.1, 0.15) is 29.8 Å². The predicted molar refractivity (Wildman–Crippen MR) is 87.5 cm³/mol. The highest BCUT2D eigenvalue weighted by Crippen LogP contribution is 2.32. The third-order valence-electron chi connectivity index (χ3n) is 4.33. The van der Waals surface area contributed by atoms with E-state index < -0.39 is 11.9 Å². The average Bonchev–Trinajstić information content (AvgIpc) is 3.32. The topological polar surface area (TPSA) is 79.4 Å². The molecule has 2 fully saturated rings. The van der Waals surface area contributed by atoms with E-state index in [1.807, 2.05) is 6.07 Å². The van der Waals surface area contributed by atoms with Crippen molar-refractivity contribution in [1.29, 1.82) is 0 Å². The zero-order chi connectivity index (χ0) is 16.8. The SMILES string of the molecule is O=C1CC(N(C(=O)c2ccc3ccc(Cl)cc3n2)C2CC2)C(=O)N1. The first-order valence-electron chi connectivity index (χ1n) is 7.75. The van der Waals surface area contributed by atoms with Crippen molar-refractivity contribution in [3.8, 4) is 0 Å². The summed E-state index contributed by atoms with van der Waals surface area (Å²) in [6.45, 7) is 0. The molecule has 0 radical (unpaired) electrons. The third kappa shape index (κ3) is 2.63. The van der Waals surface area contributed by atoms with Gasteiger partial charge in [-0.15, -0.1) is 0 Å². The van der Waals surface area contributed by atoms with E-state index in [9.17, 15) is 14.4 Å². The van der Waals surface area contributed by atoms with Crippen molar-refractivity contribution in [1.82, 2.24) is 15.2 Å². The predicted octanol–water partition coefficient (Wildman–Crippen LogP) is 1.91. The van der Waals surface area contributed by atoms with Gasteiger partial charge < -0.3 is 4.90 Å². The minimum atomic E-state index is -0.741. The van der Waals surface area contributed by atoms with Gasteiger partial charge in [-0.1, -0.05) is 23.7 Å². The van der Waals surface area contributed by atoms with E-state index in [2.05, 4.69) is 10.3 Å². The van der Waals surface area contributed by atoms with Gasteiger partial charge in [0, 0.05) is 16.5 Å². The molecule has 2 aromatic rings. The Balaban J connectivity index is 1.70. The van der Waals surface area contributed by atoms with Crippen LogP contribution in [0.2, 0.25) is 5.02 Å². The lowest BCUT2D eigenvalue weighted by Gasteiger charge is -2.26. The van der Waals surface area contributed by atoms with Gasteiger partial charge >= 0.3 is 0 Å². The fraction of sp³-hybridized carbons (Fsp3) is 0.294. The smallest absolute Gasteiger partial charge is 0.273 e. The van der Waals surface area contributed by atoms with E-state index in [0.717, 1.165) is 18.2 Å². The van der Waals surface area contributed by atoms with Crippen LogP contribution in [0.5, 0.6) is 0 Å². The number of nitrogens with zero attached hydrogens (tertiary/aromatic N) is 2. The van der Waals surface area contributed by atoms with Crippen molar-refractivity contribution < 1.29 is 14.4 Å². The molecule has 24 heavy (non-hydrogen) atoms. The molecule has 1 saturated carbocycles. The molecule has 0 spiro atoms. The minimum Gasteiger partial charge on any atom is -0.322 e. The Hall–Kier alpha value is -2.47. The second-order valence-electron chi connectivity index (χ2n) is 6.11. The van der Waals surface area contributed by atoms with E-state index in [1.165, 1.54) is 4.90 Å². The zero-order valence-electron chi connectivity index (χ0n) is 12.7. The Labute approximate surface area is 142 Å². The van der Waals surface area contributed by atoms with Crippen LogP contribution in [0.4, 0.5) is 0 Å². The fourth-order valence-corrected chi connectivity index (χ4v) is 3.19. The van der Waals surface area contributed by atoms with Crippen LogP contribution >= 0.6 is 11.6 Å². The van der Waals surface area contributed by atoms with Gasteiger partial charge in [-0.05, 0) is 31.0 Å². The molecule has 0 bridgehead atoms. The molecule has 1 aliphatic carbocycles. The maximum atomic E-state index is 12.9. The Bertz CT molecular complexity index is 879. The second kappa shape index (κ2) is 5.56. The van der Waals surface area contributed by atoms with Crippen molar-refractivity contribution in [3.05, 3.63) is 41.0 Å². The number of hydrogen-bond acceptors (Lipinski definition) is 4. The first kappa shape index (κ1) is 15.1. The van der Waals surface area contributed by atoms with Crippen molar-refractivity contribution in [2.24, 2.45) is 0 Å². The van der Waals surface area contributed by atoms with Crippen molar-refractivity contribution in [2.45, 2.75) is 31.3 Å². The lowest BCUT2D eigenvalue weighted by molar-refractivity contribution is -0.126. The van der Waals surface area contributed by atoms with Crippen molar-refractivity contribution in [2.75, 3.05) is 0 Å². The van der Waals surface area contributed by atoms with Gasteiger partial charge in [0.1, 0.15) is 11.7 Å². The quantitative estimate of drug-likeness (QED) is 0.863. The number of amides is 3. The lowest BCUT2D eigenvalue weighted by atomic mass is 10.1. The molecule has 4 rings (SSSR count). The fourth-order valence-electron chi connectivity index (χ4n) is 3.02. The largest absolute Gasteiger partial charge is 0.322 e. The summed E-state index contributed by atoms with van der Waals surface area (Å²) in [6, 6.07) is 7.99. The molecule has 1 unspecified atom stereocenters. The molecule has 1 aliphatic heterocycles. The maximum absolute atomic E-state index is 12.9. The number of rotatable bonds is 3. The molecule has 3 amide bonds. The zero-order valence-corrected chi connectivity index (χ0v) is 13.4. The second-order valence-corrected chi connectivity index (χ2v) is 6.55. The van der Waals surface area contributed by atoms with Gasteiger partial charge in [-0.2, -0.15) is 0 Å². The summed E-state index contributed by atoms with van der Waals surface area (Å²) in [5.74, 6) is -1.08. The van der Waals surface area contributed by atoms with Gasteiger partial charge in [0.05, 0.1) is 11.9 Å². The number of halogens is 1. The molecule has 1 aromatic heterocycles. The van der Waals surface area contributed by atoms with Crippen molar-refractivity contribution in [3.63, 3.8) is 0 Å². The van der Waals surface area contributed by atoms with Crippen LogP contribution in [-0.2, 0) is 9.59 Å². The Morgan fingerprint density at radius 2 is 1.96 bits per heavy atom. The highest BCUT2D eigenvalue weighted by molar-refractivity contribution is 6.31. The molecule has 6 nitrogen and oxygen atoms in total. The van der Waals surface area contributed by atoms with Crippen molar-refractivity contribution >= 4 is 40.2 Å². The monoisotopic (exact) mass is 343 g/mol. The summed E-state index contributed by atoms with van der Waals surface area (Å²) in [4.78, 5) is 42.3. The minimum absolute atomic E-state index is 0.00370. The number of benzene rings is 1. The number of carbonyl (C=O) groups excluding carboxylic acids is 3. The van der Waals surface area contributed by atoms with E-state index >= 15 is 0 Å². The highest BCUT2D eigenvalue weighted by Gasteiger charge is 2.45. The van der Waals surface area contributed by atoms with Gasteiger partial charge in [0.25, 0.3) is 5.91 Å². The normalized spacial score (nSPS) is 20.3. The molecule has 1 N–H and O–H groups in total. The van der Waals surface area contributed by atoms with Crippen LogP contribution in [0.3, 0.4) is 0 Å². The summed E-state index contributed by atoms with van der Waals surface area (Å²) in [7, 11) is 0. The van der Waals surface area contributed by atoms with Crippen LogP contribution in [0.25, 0.3) is 10.9 Å². The van der Waals surface area contributed by atoms with E-state index in [4.69, 9.17) is 11.6 Å². The summed E-state index contributed by atoms with van der Waals surface area (Å²) in [5.41, 5.74) is 0.875. The Morgan fingerprint density at radius 1 is 1.21 bits per heavy atom. The standard InChI is InChI=1S/C17H14ClN3O3/c18-10-3-1-9-2-6-12(19-13(9)7-10)17(24)21(11-4-5-11)14-8-15(22)20-16(14)23/h1-3,6-7,11,14H,4-5,8H2,(H,20,22,23). The molecule has 1 saturated heterocycles.